The third-order valence-electron chi connectivity index (χ3n) is 4.67. The Morgan fingerprint density at radius 2 is 1.95 bits per heavy atom. The minimum absolute atomic E-state index is 0.587. The van der Waals surface area contributed by atoms with Crippen molar-refractivity contribution in [2.75, 3.05) is 6.54 Å². The van der Waals surface area contributed by atoms with Gasteiger partial charge >= 0.3 is 0 Å². The zero-order chi connectivity index (χ0) is 15.1. The molecule has 0 radical (unpaired) electrons. The summed E-state index contributed by atoms with van der Waals surface area (Å²) < 4.78 is 0. The first-order valence-electron chi connectivity index (χ1n) is 9.09. The van der Waals surface area contributed by atoms with E-state index in [9.17, 15) is 0 Å². The summed E-state index contributed by atoms with van der Waals surface area (Å²) in [6.07, 6.45) is 12.0. The highest BCUT2D eigenvalue weighted by Gasteiger charge is 2.20. The molecule has 0 bridgehead atoms. The molecule has 0 aromatic carbocycles. The molecule has 2 heteroatoms. The molecule has 0 saturated heterocycles. The summed E-state index contributed by atoms with van der Waals surface area (Å²) in [4.78, 5) is 3.30. The van der Waals surface area contributed by atoms with E-state index in [4.69, 9.17) is 0 Å². The van der Waals surface area contributed by atoms with Crippen molar-refractivity contribution in [1.29, 1.82) is 0 Å². The van der Waals surface area contributed by atoms with Gasteiger partial charge in [-0.15, -0.1) is 11.3 Å². The second-order valence-corrected chi connectivity index (χ2v) is 7.96. The monoisotopic (exact) mass is 307 g/mol. The van der Waals surface area contributed by atoms with Gasteiger partial charge in [0.1, 0.15) is 0 Å². The van der Waals surface area contributed by atoms with Gasteiger partial charge in [0.15, 0.2) is 0 Å². The number of thiophene rings is 1. The van der Waals surface area contributed by atoms with Crippen molar-refractivity contribution in [2.24, 2.45) is 5.92 Å². The number of nitrogens with one attached hydrogen (secondary N) is 1. The van der Waals surface area contributed by atoms with Crippen LogP contribution in [-0.4, -0.2) is 6.54 Å². The summed E-state index contributed by atoms with van der Waals surface area (Å²) in [6, 6.07) is 3.13. The van der Waals surface area contributed by atoms with Gasteiger partial charge in [0.2, 0.25) is 0 Å². The van der Waals surface area contributed by atoms with Crippen molar-refractivity contribution in [3.05, 3.63) is 21.4 Å². The van der Waals surface area contributed by atoms with Gasteiger partial charge in [0, 0.05) is 15.8 Å². The molecule has 2 rings (SSSR count). The van der Waals surface area contributed by atoms with E-state index in [1.54, 1.807) is 15.3 Å². The molecule has 0 amide bonds. The summed E-state index contributed by atoms with van der Waals surface area (Å²) in [5.74, 6) is 0.825. The predicted molar refractivity (Wildman–Crippen MR) is 95.3 cm³/mol. The summed E-state index contributed by atoms with van der Waals surface area (Å²) in [7, 11) is 0. The Morgan fingerprint density at radius 3 is 2.71 bits per heavy atom. The first-order chi connectivity index (χ1) is 10.2. The van der Waals surface area contributed by atoms with Crippen LogP contribution in [0, 0.1) is 5.92 Å². The molecular formula is C19H33NS. The van der Waals surface area contributed by atoms with E-state index in [0.717, 1.165) is 12.5 Å². The van der Waals surface area contributed by atoms with E-state index >= 15 is 0 Å². The van der Waals surface area contributed by atoms with Crippen LogP contribution < -0.4 is 5.32 Å². The minimum atomic E-state index is 0.587. The number of rotatable bonds is 8. The Morgan fingerprint density at radius 1 is 1.14 bits per heavy atom. The van der Waals surface area contributed by atoms with Crippen LogP contribution in [0.15, 0.2) is 6.07 Å². The van der Waals surface area contributed by atoms with Gasteiger partial charge in [0.05, 0.1) is 0 Å². The maximum Gasteiger partial charge on any atom is 0.0417 e. The second kappa shape index (κ2) is 8.95. The molecular weight excluding hydrogens is 274 g/mol. The number of hydrogen-bond acceptors (Lipinski definition) is 2. The Hall–Kier alpha value is -0.340. The molecule has 21 heavy (non-hydrogen) atoms. The Balaban J connectivity index is 2.08. The van der Waals surface area contributed by atoms with Gasteiger partial charge in [-0.05, 0) is 62.6 Å². The number of aryl methyl sites for hydroxylation is 2. The fourth-order valence-electron chi connectivity index (χ4n) is 3.49. The molecule has 1 aromatic heterocycles. The van der Waals surface area contributed by atoms with Crippen LogP contribution in [0.4, 0.5) is 0 Å². The van der Waals surface area contributed by atoms with E-state index in [-0.39, 0.29) is 0 Å². The zero-order valence-electron chi connectivity index (χ0n) is 14.2. The molecule has 2 atom stereocenters. The average molecular weight is 308 g/mol. The van der Waals surface area contributed by atoms with Crippen molar-refractivity contribution < 1.29 is 0 Å². The highest BCUT2D eigenvalue weighted by molar-refractivity contribution is 7.12. The number of hydrogen-bond donors (Lipinski definition) is 1. The summed E-state index contributed by atoms with van der Waals surface area (Å²) in [5, 5.41) is 3.81. The third kappa shape index (κ3) is 5.10. The first kappa shape index (κ1) is 17.0. The van der Waals surface area contributed by atoms with Crippen molar-refractivity contribution in [1.82, 2.24) is 5.32 Å². The second-order valence-electron chi connectivity index (χ2n) is 6.79. The summed E-state index contributed by atoms with van der Waals surface area (Å²) in [6.45, 7) is 8.14. The lowest BCUT2D eigenvalue weighted by atomic mass is 9.96. The van der Waals surface area contributed by atoms with Gasteiger partial charge < -0.3 is 5.32 Å². The highest BCUT2D eigenvalue weighted by atomic mass is 32.1. The van der Waals surface area contributed by atoms with Crippen LogP contribution in [0.3, 0.4) is 0 Å². The smallest absolute Gasteiger partial charge is 0.0417 e. The molecule has 1 heterocycles. The van der Waals surface area contributed by atoms with Crippen molar-refractivity contribution >= 4 is 11.3 Å². The Labute approximate surface area is 135 Å². The Kier molecular flexibility index (Phi) is 7.25. The lowest BCUT2D eigenvalue weighted by molar-refractivity contribution is 0.394. The van der Waals surface area contributed by atoms with Crippen molar-refractivity contribution in [3.63, 3.8) is 0 Å². The maximum absolute atomic E-state index is 3.81. The zero-order valence-corrected chi connectivity index (χ0v) is 15.0. The van der Waals surface area contributed by atoms with Crippen LogP contribution in [-0.2, 0) is 12.8 Å². The molecule has 120 valence electrons. The SMILES string of the molecule is CCCNC(CC(C)CCC)c1cc2c(s1)CCCCC2. The van der Waals surface area contributed by atoms with E-state index in [2.05, 4.69) is 43.5 Å². The first-order valence-corrected chi connectivity index (χ1v) is 9.91. The highest BCUT2D eigenvalue weighted by Crippen LogP contribution is 2.35. The van der Waals surface area contributed by atoms with E-state index in [1.165, 1.54) is 57.8 Å². The fourth-order valence-corrected chi connectivity index (χ4v) is 4.84. The average Bonchev–Trinajstić information content (AvgIpc) is 2.74. The van der Waals surface area contributed by atoms with Gasteiger partial charge in [-0.25, -0.2) is 0 Å². The van der Waals surface area contributed by atoms with Crippen molar-refractivity contribution in [2.45, 2.75) is 84.6 Å². The molecule has 0 saturated carbocycles. The standard InChI is InChI=1S/C19H33NS/c1-4-9-15(3)13-17(20-12-5-2)19-14-16-10-7-6-8-11-18(16)21-19/h14-15,17,20H,4-13H2,1-3H3. The lowest BCUT2D eigenvalue weighted by Crippen LogP contribution is -2.23. The molecule has 2 unspecified atom stereocenters. The van der Waals surface area contributed by atoms with Crippen molar-refractivity contribution in [3.8, 4) is 0 Å². The molecule has 0 spiro atoms. The molecule has 1 aliphatic rings. The third-order valence-corrected chi connectivity index (χ3v) is 6.02. The molecule has 0 aliphatic heterocycles. The number of fused-ring (bicyclic) bond motifs is 1. The van der Waals surface area contributed by atoms with E-state index in [1.807, 2.05) is 0 Å². The van der Waals surface area contributed by atoms with Gasteiger partial charge in [-0.1, -0.05) is 40.0 Å². The molecule has 1 aliphatic carbocycles. The normalized spacial score (nSPS) is 18.0. The maximum atomic E-state index is 3.81. The quantitative estimate of drug-likeness (QED) is 0.591. The Bertz CT molecular complexity index is 386. The van der Waals surface area contributed by atoms with Gasteiger partial charge in [-0.2, -0.15) is 0 Å². The van der Waals surface area contributed by atoms with Crippen LogP contribution in [0.25, 0.3) is 0 Å². The summed E-state index contributed by atoms with van der Waals surface area (Å²) in [5.41, 5.74) is 1.67. The topological polar surface area (TPSA) is 12.0 Å². The predicted octanol–water partition coefficient (Wildman–Crippen LogP) is 5.88. The van der Waals surface area contributed by atoms with E-state index < -0.39 is 0 Å². The van der Waals surface area contributed by atoms with E-state index in [0.29, 0.717) is 6.04 Å². The summed E-state index contributed by atoms with van der Waals surface area (Å²) >= 11 is 2.10. The van der Waals surface area contributed by atoms with Crippen LogP contribution in [0.2, 0.25) is 0 Å². The van der Waals surface area contributed by atoms with Crippen LogP contribution in [0.5, 0.6) is 0 Å². The van der Waals surface area contributed by atoms with Crippen LogP contribution in [0.1, 0.15) is 87.1 Å². The van der Waals surface area contributed by atoms with Gasteiger partial charge in [0.25, 0.3) is 0 Å². The fraction of sp³-hybridized carbons (Fsp3) is 0.789. The lowest BCUT2D eigenvalue weighted by Gasteiger charge is -2.21. The molecule has 1 N–H and O–H groups in total. The minimum Gasteiger partial charge on any atom is -0.309 e. The molecule has 1 aromatic rings. The van der Waals surface area contributed by atoms with Crippen LogP contribution >= 0.6 is 11.3 Å². The largest absolute Gasteiger partial charge is 0.309 e. The van der Waals surface area contributed by atoms with Gasteiger partial charge in [-0.3, -0.25) is 0 Å². The molecule has 1 nitrogen and oxygen atoms in total. The molecule has 0 fully saturated rings.